The van der Waals surface area contributed by atoms with Crippen LogP contribution in [0.5, 0.6) is 0 Å². The number of rotatable bonds is 2. The highest BCUT2D eigenvalue weighted by atomic mass is 16.6. The number of carbonyl (C=O) groups is 1. The topological polar surface area (TPSA) is 86.2 Å². The highest BCUT2D eigenvalue weighted by Gasteiger charge is 2.11. The van der Waals surface area contributed by atoms with Crippen LogP contribution >= 0.6 is 0 Å². The van der Waals surface area contributed by atoms with Crippen LogP contribution in [-0.2, 0) is 4.79 Å². The molecule has 0 radical (unpaired) electrons. The molecule has 0 amide bonds. The fraction of sp³-hybridized carbons (Fsp3) is 0.100. The Morgan fingerprint density at radius 1 is 1.53 bits per heavy atom. The van der Waals surface area contributed by atoms with Gasteiger partial charge in [0.25, 0.3) is 5.69 Å². The van der Waals surface area contributed by atoms with Crippen molar-refractivity contribution in [1.29, 1.82) is 0 Å². The molecule has 0 aliphatic carbocycles. The number of benzene rings is 1. The second-order valence-electron chi connectivity index (χ2n) is 2.71. The molecule has 0 saturated heterocycles. The second-order valence-corrected chi connectivity index (χ2v) is 2.71. The number of nitrogen functional groups attached to an aromatic ring is 1. The van der Waals surface area contributed by atoms with Gasteiger partial charge >= 0.3 is 0 Å². The number of carbonyl (C=O) groups excluding carboxylic acids is 1. The lowest BCUT2D eigenvalue weighted by Gasteiger charge is -1.96. The first kappa shape index (κ1) is 10.7. The molecule has 5 nitrogen and oxygen atoms in total. The maximum atomic E-state index is 10.6. The van der Waals surface area contributed by atoms with E-state index in [1.807, 2.05) is 0 Å². The minimum Gasteiger partial charge on any atom is -0.399 e. The van der Waals surface area contributed by atoms with Gasteiger partial charge in [0.05, 0.1) is 11.3 Å². The summed E-state index contributed by atoms with van der Waals surface area (Å²) in [7, 11) is 0. The zero-order valence-electron chi connectivity index (χ0n) is 7.77. The summed E-state index contributed by atoms with van der Waals surface area (Å²) in [4.78, 5) is 20.1. The Balaban J connectivity index is 3.13. The van der Waals surface area contributed by atoms with Crippen molar-refractivity contribution in [1.82, 2.24) is 0 Å². The molecule has 0 bridgehead atoms. The van der Waals surface area contributed by atoms with Gasteiger partial charge in [-0.3, -0.25) is 10.1 Å². The van der Waals surface area contributed by atoms with Crippen molar-refractivity contribution in [3.8, 4) is 11.8 Å². The molecule has 15 heavy (non-hydrogen) atoms. The molecule has 0 aromatic heterocycles. The first-order valence-corrected chi connectivity index (χ1v) is 4.11. The number of hydrogen-bond acceptors (Lipinski definition) is 4. The zero-order valence-corrected chi connectivity index (χ0v) is 7.77. The molecule has 0 unspecified atom stereocenters. The van der Waals surface area contributed by atoms with Crippen LogP contribution in [0.4, 0.5) is 11.4 Å². The van der Waals surface area contributed by atoms with E-state index in [1.54, 1.807) is 0 Å². The molecule has 0 aliphatic heterocycles. The van der Waals surface area contributed by atoms with Gasteiger partial charge in [0.15, 0.2) is 0 Å². The minimum absolute atomic E-state index is 0.0571. The number of hydrogen-bond donors (Lipinski definition) is 1. The van der Waals surface area contributed by atoms with E-state index in [4.69, 9.17) is 5.73 Å². The van der Waals surface area contributed by atoms with E-state index < -0.39 is 4.92 Å². The lowest BCUT2D eigenvalue weighted by Crippen LogP contribution is -1.94. The van der Waals surface area contributed by atoms with E-state index in [0.29, 0.717) is 12.0 Å². The molecule has 76 valence electrons. The number of aldehydes is 1. The van der Waals surface area contributed by atoms with Crippen LogP contribution < -0.4 is 5.73 Å². The summed E-state index contributed by atoms with van der Waals surface area (Å²) in [6, 6.07) is 4.23. The van der Waals surface area contributed by atoms with Crippen LogP contribution in [0.3, 0.4) is 0 Å². The van der Waals surface area contributed by atoms with Gasteiger partial charge in [-0.2, -0.15) is 0 Å². The van der Waals surface area contributed by atoms with Gasteiger partial charge in [0.2, 0.25) is 0 Å². The summed E-state index contributed by atoms with van der Waals surface area (Å²) < 4.78 is 0. The molecule has 0 saturated carbocycles. The van der Waals surface area contributed by atoms with E-state index in [1.165, 1.54) is 18.2 Å². The van der Waals surface area contributed by atoms with Crippen molar-refractivity contribution in [2.24, 2.45) is 0 Å². The van der Waals surface area contributed by atoms with Crippen molar-refractivity contribution in [3.63, 3.8) is 0 Å². The van der Waals surface area contributed by atoms with Crippen LogP contribution in [0.1, 0.15) is 12.0 Å². The Kier molecular flexibility index (Phi) is 3.41. The molecule has 0 atom stereocenters. The average Bonchev–Trinajstić information content (AvgIpc) is 2.20. The number of nitrogens with two attached hydrogens (primary N) is 1. The normalized spacial score (nSPS) is 8.80. The van der Waals surface area contributed by atoms with Gasteiger partial charge in [-0.25, -0.2) is 0 Å². The molecular formula is C10H8N2O3. The highest BCUT2D eigenvalue weighted by Crippen LogP contribution is 2.20. The van der Waals surface area contributed by atoms with Crippen molar-refractivity contribution < 1.29 is 9.72 Å². The van der Waals surface area contributed by atoms with Crippen molar-refractivity contribution in [2.75, 3.05) is 5.73 Å². The predicted molar refractivity (Wildman–Crippen MR) is 55.1 cm³/mol. The third-order valence-electron chi connectivity index (χ3n) is 1.63. The average molecular weight is 204 g/mol. The molecule has 1 rings (SSSR count). The standard InChI is InChI=1S/C10H8N2O3/c11-9-5-4-8(3-1-2-6-13)10(7-9)12(14)15/h4-7H,2,11H2. The lowest BCUT2D eigenvalue weighted by molar-refractivity contribution is -0.385. The van der Waals surface area contributed by atoms with E-state index >= 15 is 0 Å². The first-order valence-electron chi connectivity index (χ1n) is 4.11. The van der Waals surface area contributed by atoms with Crippen molar-refractivity contribution in [3.05, 3.63) is 33.9 Å². The Bertz CT molecular complexity index is 457. The van der Waals surface area contributed by atoms with Gasteiger partial charge in [-0.1, -0.05) is 11.8 Å². The minimum atomic E-state index is -0.554. The van der Waals surface area contributed by atoms with E-state index in [-0.39, 0.29) is 17.7 Å². The van der Waals surface area contributed by atoms with E-state index in [2.05, 4.69) is 11.8 Å². The Morgan fingerprint density at radius 3 is 2.87 bits per heavy atom. The monoisotopic (exact) mass is 204 g/mol. The molecule has 5 heteroatoms. The predicted octanol–water partition coefficient (Wildman–Crippen LogP) is 1.12. The van der Waals surface area contributed by atoms with Gasteiger partial charge in [-0.05, 0) is 12.1 Å². The number of nitrogens with zero attached hydrogens (tertiary/aromatic N) is 1. The van der Waals surface area contributed by atoms with Crippen molar-refractivity contribution in [2.45, 2.75) is 6.42 Å². The smallest absolute Gasteiger partial charge is 0.286 e. The van der Waals surface area contributed by atoms with Gasteiger partial charge in [0, 0.05) is 11.8 Å². The van der Waals surface area contributed by atoms with E-state index in [9.17, 15) is 14.9 Å². The van der Waals surface area contributed by atoms with Gasteiger partial charge in [-0.15, -0.1) is 0 Å². The molecular weight excluding hydrogens is 196 g/mol. The quantitative estimate of drug-likeness (QED) is 0.257. The third-order valence-corrected chi connectivity index (χ3v) is 1.63. The molecule has 0 heterocycles. The summed E-state index contributed by atoms with van der Waals surface area (Å²) in [5.41, 5.74) is 5.83. The largest absolute Gasteiger partial charge is 0.399 e. The van der Waals surface area contributed by atoms with Crippen molar-refractivity contribution >= 4 is 17.7 Å². The first-order chi connectivity index (χ1) is 7.15. The maximum Gasteiger partial charge on any atom is 0.286 e. The van der Waals surface area contributed by atoms with Crippen LogP contribution in [0, 0.1) is 22.0 Å². The maximum absolute atomic E-state index is 10.6. The number of nitro groups is 1. The number of anilines is 1. The summed E-state index contributed by atoms with van der Waals surface area (Å²) in [6.45, 7) is 0. The lowest BCUT2D eigenvalue weighted by atomic mass is 10.1. The second kappa shape index (κ2) is 4.77. The highest BCUT2D eigenvalue weighted by molar-refractivity contribution is 5.60. The summed E-state index contributed by atoms with van der Waals surface area (Å²) in [6.07, 6.45) is 0.692. The van der Waals surface area contributed by atoms with Crippen LogP contribution in [0.25, 0.3) is 0 Å². The Labute approximate surface area is 86.0 Å². The molecule has 1 aromatic rings. The van der Waals surface area contributed by atoms with E-state index in [0.717, 1.165) is 0 Å². The molecule has 0 aliphatic rings. The molecule has 2 N–H and O–H groups in total. The zero-order chi connectivity index (χ0) is 11.3. The van der Waals surface area contributed by atoms with Crippen LogP contribution in [0.15, 0.2) is 18.2 Å². The third kappa shape index (κ3) is 2.81. The number of nitro benzene ring substituents is 1. The SMILES string of the molecule is Nc1ccc(C#CCC=O)c([N+](=O)[O-])c1. The molecule has 0 spiro atoms. The Morgan fingerprint density at radius 2 is 2.27 bits per heavy atom. The molecule has 0 fully saturated rings. The van der Waals surface area contributed by atoms with Gasteiger partial charge in [0.1, 0.15) is 11.8 Å². The fourth-order valence-electron chi connectivity index (χ4n) is 0.993. The molecule has 1 aromatic carbocycles. The summed E-state index contributed by atoms with van der Waals surface area (Å²) in [5, 5.41) is 10.6. The van der Waals surface area contributed by atoms with Crippen LogP contribution in [-0.4, -0.2) is 11.2 Å². The fourth-order valence-corrected chi connectivity index (χ4v) is 0.993. The van der Waals surface area contributed by atoms with Gasteiger partial charge < -0.3 is 10.5 Å². The summed E-state index contributed by atoms with van der Waals surface area (Å²) in [5.74, 6) is 5.05. The van der Waals surface area contributed by atoms with Crippen LogP contribution in [0.2, 0.25) is 0 Å². The summed E-state index contributed by atoms with van der Waals surface area (Å²) >= 11 is 0. The Hall–Kier alpha value is -2.35.